The normalized spacial score (nSPS) is 17.4. The monoisotopic (exact) mass is 295 g/mol. The Bertz CT molecular complexity index is 819. The van der Waals surface area contributed by atoms with Crippen LogP contribution in [0.5, 0.6) is 0 Å². The van der Waals surface area contributed by atoms with Gasteiger partial charge < -0.3 is 14.9 Å². The van der Waals surface area contributed by atoms with E-state index in [1.807, 2.05) is 30.6 Å². The van der Waals surface area contributed by atoms with Gasteiger partial charge in [0.05, 0.1) is 17.4 Å². The van der Waals surface area contributed by atoms with Crippen LogP contribution in [0.25, 0.3) is 11.0 Å². The third-order valence-electron chi connectivity index (χ3n) is 4.30. The predicted molar refractivity (Wildman–Crippen MR) is 82.5 cm³/mol. The van der Waals surface area contributed by atoms with Gasteiger partial charge in [-0.1, -0.05) is 6.07 Å². The molecule has 1 amide bonds. The molecule has 6 nitrogen and oxygen atoms in total. The van der Waals surface area contributed by atoms with E-state index in [1.165, 1.54) is 0 Å². The number of benzene rings is 1. The van der Waals surface area contributed by atoms with E-state index in [0.29, 0.717) is 18.0 Å². The third kappa shape index (κ3) is 2.26. The molecule has 0 saturated carbocycles. The molecule has 0 aliphatic carbocycles. The summed E-state index contributed by atoms with van der Waals surface area (Å²) in [6.07, 6.45) is 7.45. The molecule has 112 valence electrons. The number of fused-ring (bicyclic) bond motifs is 2. The highest BCUT2D eigenvalue weighted by atomic mass is 16.1. The van der Waals surface area contributed by atoms with Crippen LogP contribution >= 0.6 is 0 Å². The van der Waals surface area contributed by atoms with Crippen molar-refractivity contribution >= 4 is 16.9 Å². The lowest BCUT2D eigenvalue weighted by molar-refractivity contribution is 0.0946. The number of imidazole rings is 2. The molecule has 3 aromatic rings. The molecule has 0 bridgehead atoms. The zero-order chi connectivity index (χ0) is 14.9. The van der Waals surface area contributed by atoms with Crippen LogP contribution in [0.4, 0.5) is 0 Å². The van der Waals surface area contributed by atoms with Crippen LogP contribution in [-0.4, -0.2) is 32.0 Å². The van der Waals surface area contributed by atoms with Crippen LogP contribution < -0.4 is 5.32 Å². The fourth-order valence-electron chi connectivity index (χ4n) is 3.07. The van der Waals surface area contributed by atoms with E-state index < -0.39 is 0 Å². The van der Waals surface area contributed by atoms with Gasteiger partial charge in [-0.15, -0.1) is 0 Å². The second-order valence-corrected chi connectivity index (χ2v) is 5.71. The van der Waals surface area contributed by atoms with Crippen molar-refractivity contribution in [3.63, 3.8) is 0 Å². The number of para-hydroxylation sites is 1. The second-order valence-electron chi connectivity index (χ2n) is 5.71. The molecule has 1 aliphatic heterocycles. The number of nitrogens with one attached hydrogen (secondary N) is 2. The number of hydrogen-bond donors (Lipinski definition) is 2. The lowest BCUT2D eigenvalue weighted by atomic mass is 9.97. The zero-order valence-electron chi connectivity index (χ0n) is 12.1. The van der Waals surface area contributed by atoms with Crippen LogP contribution in [0.3, 0.4) is 0 Å². The largest absolute Gasteiger partial charge is 0.352 e. The maximum absolute atomic E-state index is 12.4. The topological polar surface area (TPSA) is 75.6 Å². The smallest absolute Gasteiger partial charge is 0.253 e. The van der Waals surface area contributed by atoms with Crippen molar-refractivity contribution in [2.75, 3.05) is 6.54 Å². The van der Waals surface area contributed by atoms with Gasteiger partial charge in [0.15, 0.2) is 0 Å². The van der Waals surface area contributed by atoms with E-state index in [9.17, 15) is 4.79 Å². The number of H-pyrrole nitrogens is 1. The summed E-state index contributed by atoms with van der Waals surface area (Å²) < 4.78 is 2.18. The minimum atomic E-state index is -0.0633. The summed E-state index contributed by atoms with van der Waals surface area (Å²) in [5.41, 5.74) is 2.22. The molecule has 2 aromatic heterocycles. The summed E-state index contributed by atoms with van der Waals surface area (Å²) in [5, 5.41) is 3.04. The first kappa shape index (κ1) is 13.1. The van der Waals surface area contributed by atoms with Crippen molar-refractivity contribution in [1.29, 1.82) is 0 Å². The Hall–Kier alpha value is -2.63. The van der Waals surface area contributed by atoms with Gasteiger partial charge in [-0.3, -0.25) is 4.79 Å². The molecule has 2 N–H and O–H groups in total. The molecule has 0 unspecified atom stereocenters. The Kier molecular flexibility index (Phi) is 3.14. The van der Waals surface area contributed by atoms with E-state index in [0.717, 1.165) is 36.2 Å². The second kappa shape index (κ2) is 5.29. The van der Waals surface area contributed by atoms with Gasteiger partial charge in [-0.05, 0) is 24.5 Å². The number of aromatic amines is 1. The maximum Gasteiger partial charge on any atom is 0.253 e. The van der Waals surface area contributed by atoms with Gasteiger partial charge in [0.25, 0.3) is 5.91 Å². The molecule has 22 heavy (non-hydrogen) atoms. The first-order valence-corrected chi connectivity index (χ1v) is 7.51. The van der Waals surface area contributed by atoms with Crippen molar-refractivity contribution in [1.82, 2.24) is 24.8 Å². The summed E-state index contributed by atoms with van der Waals surface area (Å²) in [5.74, 6) is 1.49. The lowest BCUT2D eigenvalue weighted by Crippen LogP contribution is -2.33. The van der Waals surface area contributed by atoms with Crippen molar-refractivity contribution in [3.8, 4) is 0 Å². The van der Waals surface area contributed by atoms with E-state index >= 15 is 0 Å². The Morgan fingerprint density at radius 2 is 2.36 bits per heavy atom. The molecule has 0 fully saturated rings. The SMILES string of the molecule is O=C(NC[C@H]1CCn2ccnc2C1)c1cccc2[nH]cnc12. The number of hydrogen-bond acceptors (Lipinski definition) is 3. The highest BCUT2D eigenvalue weighted by Crippen LogP contribution is 2.19. The first-order chi connectivity index (χ1) is 10.8. The summed E-state index contributed by atoms with van der Waals surface area (Å²) in [7, 11) is 0. The Morgan fingerprint density at radius 3 is 3.32 bits per heavy atom. The maximum atomic E-state index is 12.4. The van der Waals surface area contributed by atoms with Crippen LogP contribution in [0.2, 0.25) is 0 Å². The number of rotatable bonds is 3. The molecule has 1 aliphatic rings. The Balaban J connectivity index is 1.44. The van der Waals surface area contributed by atoms with Crippen LogP contribution in [0, 0.1) is 5.92 Å². The minimum Gasteiger partial charge on any atom is -0.352 e. The molecule has 3 heterocycles. The fraction of sp³-hybridized carbons (Fsp3) is 0.312. The summed E-state index contributed by atoms with van der Waals surface area (Å²) in [4.78, 5) is 24.0. The quantitative estimate of drug-likeness (QED) is 0.773. The lowest BCUT2D eigenvalue weighted by Gasteiger charge is -2.23. The highest BCUT2D eigenvalue weighted by Gasteiger charge is 2.20. The highest BCUT2D eigenvalue weighted by molar-refractivity contribution is 6.04. The van der Waals surface area contributed by atoms with Gasteiger partial charge in [0.1, 0.15) is 11.3 Å². The van der Waals surface area contributed by atoms with Crippen molar-refractivity contribution < 1.29 is 4.79 Å². The minimum absolute atomic E-state index is 0.0633. The molecule has 1 aromatic carbocycles. The number of nitrogens with zero attached hydrogens (tertiary/aromatic N) is 3. The summed E-state index contributed by atoms with van der Waals surface area (Å²) in [6.45, 7) is 1.65. The molecule has 6 heteroatoms. The van der Waals surface area contributed by atoms with Gasteiger partial charge in [0.2, 0.25) is 0 Å². The Morgan fingerprint density at radius 1 is 1.41 bits per heavy atom. The van der Waals surface area contributed by atoms with Crippen molar-refractivity contribution in [2.24, 2.45) is 5.92 Å². The van der Waals surface area contributed by atoms with Crippen molar-refractivity contribution in [3.05, 3.63) is 48.3 Å². The summed E-state index contributed by atoms with van der Waals surface area (Å²) in [6, 6.07) is 5.60. The fourth-order valence-corrected chi connectivity index (χ4v) is 3.07. The zero-order valence-corrected chi connectivity index (χ0v) is 12.1. The molecule has 4 rings (SSSR count). The third-order valence-corrected chi connectivity index (χ3v) is 4.30. The van der Waals surface area contributed by atoms with Gasteiger partial charge in [-0.2, -0.15) is 0 Å². The van der Waals surface area contributed by atoms with E-state index in [1.54, 1.807) is 6.33 Å². The first-order valence-electron chi connectivity index (χ1n) is 7.51. The van der Waals surface area contributed by atoms with E-state index in [2.05, 4.69) is 24.8 Å². The standard InChI is InChI=1S/C16H17N5O/c22-16(12-2-1-3-13-15(12)20-10-19-13)18-9-11-4-6-21-7-5-17-14(21)8-11/h1-3,5,7,10-11H,4,6,8-9H2,(H,18,22)(H,19,20)/t11-/m0/s1. The van der Waals surface area contributed by atoms with Gasteiger partial charge in [-0.25, -0.2) is 9.97 Å². The molecular formula is C16H17N5O. The average Bonchev–Trinajstić information content (AvgIpc) is 3.20. The predicted octanol–water partition coefficient (Wildman–Crippen LogP) is 1.75. The van der Waals surface area contributed by atoms with Gasteiger partial charge in [0, 0.05) is 31.9 Å². The summed E-state index contributed by atoms with van der Waals surface area (Å²) >= 11 is 0. The Labute approximate surface area is 127 Å². The number of aromatic nitrogens is 4. The molecule has 0 spiro atoms. The number of amides is 1. The molecule has 0 radical (unpaired) electrons. The van der Waals surface area contributed by atoms with Crippen LogP contribution in [-0.2, 0) is 13.0 Å². The average molecular weight is 295 g/mol. The van der Waals surface area contributed by atoms with E-state index in [4.69, 9.17) is 0 Å². The van der Waals surface area contributed by atoms with Crippen LogP contribution in [0.15, 0.2) is 36.9 Å². The molecule has 0 saturated heterocycles. The number of carbonyl (C=O) groups is 1. The van der Waals surface area contributed by atoms with Crippen molar-refractivity contribution in [2.45, 2.75) is 19.4 Å². The van der Waals surface area contributed by atoms with Crippen LogP contribution in [0.1, 0.15) is 22.6 Å². The van der Waals surface area contributed by atoms with E-state index in [-0.39, 0.29) is 5.91 Å². The number of aryl methyl sites for hydroxylation is 1. The number of carbonyl (C=O) groups excluding carboxylic acids is 1. The molecular weight excluding hydrogens is 278 g/mol. The molecule has 1 atom stereocenters. The van der Waals surface area contributed by atoms with Gasteiger partial charge >= 0.3 is 0 Å².